The van der Waals surface area contributed by atoms with Gasteiger partial charge in [-0.05, 0) is 35.4 Å². The van der Waals surface area contributed by atoms with Crippen molar-refractivity contribution in [3.8, 4) is 0 Å². The molecule has 2 heterocycles. The fourth-order valence-electron chi connectivity index (χ4n) is 3.86. The molecule has 5 heteroatoms. The lowest BCUT2D eigenvalue weighted by Crippen LogP contribution is -2.20. The maximum atomic E-state index is 6.71. The van der Waals surface area contributed by atoms with Crippen LogP contribution in [0, 0.1) is 0 Å². The molecular weight excluding hydrogens is 368 g/mol. The van der Waals surface area contributed by atoms with E-state index in [0.29, 0.717) is 6.54 Å². The average Bonchev–Trinajstić information content (AvgIpc) is 3.18. The van der Waals surface area contributed by atoms with E-state index in [1.54, 1.807) is 0 Å². The first kappa shape index (κ1) is 17.2. The Kier molecular flexibility index (Phi) is 4.23. The zero-order valence-corrected chi connectivity index (χ0v) is 16.2. The monoisotopic (exact) mass is 386 g/mol. The second-order valence-corrected chi connectivity index (χ2v) is 7.35. The number of halogens is 1. The van der Waals surface area contributed by atoms with Gasteiger partial charge in [0, 0.05) is 23.5 Å². The first-order valence-corrected chi connectivity index (χ1v) is 9.72. The van der Waals surface area contributed by atoms with Crippen LogP contribution >= 0.6 is 11.6 Å². The highest BCUT2D eigenvalue weighted by Crippen LogP contribution is 2.36. The minimum Gasteiger partial charge on any atom is -0.303 e. The third kappa shape index (κ3) is 2.73. The van der Waals surface area contributed by atoms with Crippen LogP contribution in [0.4, 0.5) is 0 Å². The van der Waals surface area contributed by atoms with Gasteiger partial charge in [-0.2, -0.15) is 0 Å². The predicted molar refractivity (Wildman–Crippen MR) is 115 cm³/mol. The number of nitrogens with one attached hydrogen (secondary N) is 1. The number of pyridine rings is 1. The number of hydrogen-bond donors (Lipinski definition) is 1. The summed E-state index contributed by atoms with van der Waals surface area (Å²) in [5, 5.41) is 17.6. The van der Waals surface area contributed by atoms with Gasteiger partial charge in [0.25, 0.3) is 0 Å². The van der Waals surface area contributed by atoms with Crippen LogP contribution in [-0.4, -0.2) is 14.6 Å². The quantitative estimate of drug-likeness (QED) is 0.412. The average molecular weight is 387 g/mol. The highest BCUT2D eigenvalue weighted by molar-refractivity contribution is 6.41. The molecular formula is C23H19ClN4. The van der Waals surface area contributed by atoms with E-state index < -0.39 is 0 Å². The van der Waals surface area contributed by atoms with Gasteiger partial charge in [-0.1, -0.05) is 66.2 Å². The van der Waals surface area contributed by atoms with Crippen molar-refractivity contribution in [1.82, 2.24) is 19.9 Å². The van der Waals surface area contributed by atoms with Gasteiger partial charge in [-0.3, -0.25) is 4.40 Å². The van der Waals surface area contributed by atoms with Gasteiger partial charge in [0.15, 0.2) is 11.5 Å². The first-order chi connectivity index (χ1) is 13.7. The molecule has 5 aromatic rings. The SMILES string of the molecule is CC(NCc1c2ccccc2c(Cl)c2ccccc12)c1nnc2ccccn12. The van der Waals surface area contributed by atoms with Crippen molar-refractivity contribution < 1.29 is 0 Å². The molecule has 0 saturated carbocycles. The van der Waals surface area contributed by atoms with E-state index in [2.05, 4.69) is 58.8 Å². The van der Waals surface area contributed by atoms with Crippen molar-refractivity contribution in [2.24, 2.45) is 0 Å². The fraction of sp³-hybridized carbons (Fsp3) is 0.130. The number of nitrogens with zero attached hydrogens (tertiary/aromatic N) is 3. The molecule has 0 radical (unpaired) electrons. The van der Waals surface area contributed by atoms with Crippen LogP contribution in [0.1, 0.15) is 24.4 Å². The van der Waals surface area contributed by atoms with Crippen LogP contribution in [-0.2, 0) is 6.54 Å². The van der Waals surface area contributed by atoms with Crippen molar-refractivity contribution >= 4 is 38.8 Å². The summed E-state index contributed by atoms with van der Waals surface area (Å²) in [4.78, 5) is 0. The molecule has 0 amide bonds. The van der Waals surface area contributed by atoms with Crippen molar-refractivity contribution in [3.63, 3.8) is 0 Å². The molecule has 4 nitrogen and oxygen atoms in total. The minimum atomic E-state index is 0.0469. The number of fused-ring (bicyclic) bond motifs is 3. The maximum absolute atomic E-state index is 6.71. The van der Waals surface area contributed by atoms with E-state index in [0.717, 1.165) is 27.3 Å². The summed E-state index contributed by atoms with van der Waals surface area (Å²) in [5.74, 6) is 0.901. The van der Waals surface area contributed by atoms with Crippen molar-refractivity contribution in [2.45, 2.75) is 19.5 Å². The summed E-state index contributed by atoms with van der Waals surface area (Å²) in [6.07, 6.45) is 2.00. The Balaban J connectivity index is 1.57. The Hall–Kier alpha value is -2.95. The Morgan fingerprint density at radius 1 is 0.857 bits per heavy atom. The number of hydrogen-bond acceptors (Lipinski definition) is 3. The summed E-state index contributed by atoms with van der Waals surface area (Å²) in [6, 6.07) is 22.6. The molecule has 1 N–H and O–H groups in total. The summed E-state index contributed by atoms with van der Waals surface area (Å²) in [7, 11) is 0. The van der Waals surface area contributed by atoms with Gasteiger partial charge >= 0.3 is 0 Å². The van der Waals surface area contributed by atoms with Crippen molar-refractivity contribution in [3.05, 3.63) is 89.3 Å². The van der Waals surface area contributed by atoms with Crippen molar-refractivity contribution in [1.29, 1.82) is 0 Å². The molecule has 0 aliphatic heterocycles. The van der Waals surface area contributed by atoms with Gasteiger partial charge < -0.3 is 5.32 Å². The molecule has 1 unspecified atom stereocenters. The Morgan fingerprint density at radius 3 is 2.14 bits per heavy atom. The lowest BCUT2D eigenvalue weighted by atomic mass is 9.96. The van der Waals surface area contributed by atoms with E-state index in [4.69, 9.17) is 11.6 Å². The third-order valence-electron chi connectivity index (χ3n) is 5.29. The van der Waals surface area contributed by atoms with Gasteiger partial charge in [-0.15, -0.1) is 10.2 Å². The van der Waals surface area contributed by atoms with Crippen LogP contribution in [0.25, 0.3) is 27.2 Å². The minimum absolute atomic E-state index is 0.0469. The van der Waals surface area contributed by atoms with E-state index in [1.165, 1.54) is 16.3 Å². The van der Waals surface area contributed by atoms with Crippen LogP contribution in [0.5, 0.6) is 0 Å². The van der Waals surface area contributed by atoms with Gasteiger partial charge in [0.2, 0.25) is 0 Å². The fourth-order valence-corrected chi connectivity index (χ4v) is 4.19. The van der Waals surface area contributed by atoms with E-state index >= 15 is 0 Å². The van der Waals surface area contributed by atoms with Crippen LogP contribution in [0.15, 0.2) is 72.9 Å². The molecule has 0 saturated heterocycles. The Labute approximate surface area is 167 Å². The van der Waals surface area contributed by atoms with Crippen molar-refractivity contribution in [2.75, 3.05) is 0 Å². The van der Waals surface area contributed by atoms with Crippen LogP contribution < -0.4 is 5.32 Å². The summed E-state index contributed by atoms with van der Waals surface area (Å²) in [5.41, 5.74) is 2.10. The third-order valence-corrected chi connectivity index (χ3v) is 5.70. The zero-order valence-electron chi connectivity index (χ0n) is 15.4. The van der Waals surface area contributed by atoms with E-state index in [9.17, 15) is 0 Å². The van der Waals surface area contributed by atoms with Crippen LogP contribution in [0.2, 0.25) is 5.02 Å². The smallest absolute Gasteiger partial charge is 0.160 e. The Bertz CT molecular complexity index is 1250. The summed E-state index contributed by atoms with van der Waals surface area (Å²) in [6.45, 7) is 2.82. The maximum Gasteiger partial charge on any atom is 0.160 e. The normalized spacial score (nSPS) is 12.8. The highest BCUT2D eigenvalue weighted by Gasteiger charge is 2.16. The largest absolute Gasteiger partial charge is 0.303 e. The molecule has 0 aliphatic carbocycles. The van der Waals surface area contributed by atoms with Gasteiger partial charge in [0.05, 0.1) is 11.1 Å². The lowest BCUT2D eigenvalue weighted by molar-refractivity contribution is 0.544. The molecule has 3 aromatic carbocycles. The topological polar surface area (TPSA) is 42.2 Å². The Morgan fingerprint density at radius 2 is 1.46 bits per heavy atom. The summed E-state index contributed by atoms with van der Waals surface area (Å²) >= 11 is 6.71. The number of rotatable bonds is 4. The lowest BCUT2D eigenvalue weighted by Gasteiger charge is -2.17. The van der Waals surface area contributed by atoms with Gasteiger partial charge in [0.1, 0.15) is 0 Å². The van der Waals surface area contributed by atoms with E-state index in [-0.39, 0.29) is 6.04 Å². The standard InChI is InChI=1S/C23H19ClN4/c1-15(23-27-26-21-12-6-7-13-28(21)23)25-14-20-16-8-2-4-10-18(16)22(24)19-11-5-3-9-17(19)20/h2-13,15,25H,14H2,1H3. The van der Waals surface area contributed by atoms with Crippen LogP contribution in [0.3, 0.4) is 0 Å². The molecule has 28 heavy (non-hydrogen) atoms. The summed E-state index contributed by atoms with van der Waals surface area (Å²) < 4.78 is 2.02. The van der Waals surface area contributed by atoms with E-state index in [1.807, 2.05) is 40.9 Å². The predicted octanol–water partition coefficient (Wildman–Crippen LogP) is 5.54. The molecule has 0 fully saturated rings. The second-order valence-electron chi connectivity index (χ2n) is 6.97. The molecule has 138 valence electrons. The number of benzene rings is 3. The zero-order chi connectivity index (χ0) is 19.1. The molecule has 2 aromatic heterocycles. The molecule has 0 bridgehead atoms. The molecule has 1 atom stereocenters. The first-order valence-electron chi connectivity index (χ1n) is 9.35. The molecule has 0 aliphatic rings. The van der Waals surface area contributed by atoms with Gasteiger partial charge in [-0.25, -0.2) is 0 Å². The number of aromatic nitrogens is 3. The molecule has 0 spiro atoms. The highest BCUT2D eigenvalue weighted by atomic mass is 35.5. The second kappa shape index (κ2) is 6.89. The molecule has 5 rings (SSSR count).